The fourth-order valence-electron chi connectivity index (χ4n) is 2.51. The average molecular weight is 276 g/mol. The van der Waals surface area contributed by atoms with E-state index in [-0.39, 0.29) is 11.8 Å². The maximum Gasteiger partial charge on any atom is 0.327 e. The molecule has 0 saturated carbocycles. The van der Waals surface area contributed by atoms with E-state index in [9.17, 15) is 14.7 Å². The van der Waals surface area contributed by atoms with Crippen LogP contribution in [0.25, 0.3) is 0 Å². The number of para-hydroxylation sites is 1. The van der Waals surface area contributed by atoms with Gasteiger partial charge in [0.2, 0.25) is 5.91 Å². The van der Waals surface area contributed by atoms with Gasteiger partial charge in [-0.15, -0.1) is 0 Å². The predicted octanol–water partition coefficient (Wildman–Crippen LogP) is 1.40. The molecule has 0 aromatic heterocycles. The summed E-state index contributed by atoms with van der Waals surface area (Å²) in [4.78, 5) is 25.3. The van der Waals surface area contributed by atoms with Crippen molar-refractivity contribution in [3.05, 3.63) is 29.8 Å². The van der Waals surface area contributed by atoms with Crippen molar-refractivity contribution in [3.8, 4) is 0 Å². The van der Waals surface area contributed by atoms with Crippen LogP contribution < -0.4 is 10.6 Å². The number of fused-ring (bicyclic) bond motifs is 1. The van der Waals surface area contributed by atoms with Crippen LogP contribution >= 0.6 is 0 Å². The number of hydrogen-bond acceptors (Lipinski definition) is 3. The minimum Gasteiger partial charge on any atom is -0.480 e. The Morgan fingerprint density at radius 3 is 2.70 bits per heavy atom. The van der Waals surface area contributed by atoms with E-state index in [0.717, 1.165) is 12.0 Å². The first-order chi connectivity index (χ1) is 9.47. The van der Waals surface area contributed by atoms with Crippen LogP contribution in [0, 0.1) is 5.92 Å². The number of nitrogens with two attached hydrogens (primary N) is 1. The highest BCUT2D eigenvalue weighted by Gasteiger charge is 2.40. The summed E-state index contributed by atoms with van der Waals surface area (Å²) in [5.41, 5.74) is 7.54. The Hall–Kier alpha value is -1.88. The van der Waals surface area contributed by atoms with Gasteiger partial charge < -0.3 is 10.8 Å². The van der Waals surface area contributed by atoms with E-state index in [2.05, 4.69) is 0 Å². The van der Waals surface area contributed by atoms with Crippen LogP contribution in [0.1, 0.15) is 25.8 Å². The lowest BCUT2D eigenvalue weighted by Gasteiger charge is -2.28. The number of carbonyl (C=O) groups is 2. The molecule has 108 valence electrons. The molecule has 1 aromatic carbocycles. The van der Waals surface area contributed by atoms with Crippen molar-refractivity contribution in [2.75, 3.05) is 4.90 Å². The predicted molar refractivity (Wildman–Crippen MR) is 76.5 cm³/mol. The first-order valence-corrected chi connectivity index (χ1v) is 6.86. The number of benzene rings is 1. The van der Waals surface area contributed by atoms with E-state index in [1.165, 1.54) is 4.90 Å². The fourth-order valence-corrected chi connectivity index (χ4v) is 2.51. The molecule has 1 aliphatic heterocycles. The summed E-state index contributed by atoms with van der Waals surface area (Å²) in [5, 5.41) is 9.35. The Labute approximate surface area is 118 Å². The molecule has 3 N–H and O–H groups in total. The second-order valence-electron chi connectivity index (χ2n) is 5.31. The van der Waals surface area contributed by atoms with Gasteiger partial charge in [0, 0.05) is 12.1 Å². The number of amides is 1. The van der Waals surface area contributed by atoms with Gasteiger partial charge in [0.05, 0.1) is 6.04 Å². The molecule has 2 rings (SSSR count). The molecule has 1 unspecified atom stereocenters. The van der Waals surface area contributed by atoms with Gasteiger partial charge in [-0.2, -0.15) is 0 Å². The average Bonchev–Trinajstić information content (AvgIpc) is 2.84. The maximum absolute atomic E-state index is 12.6. The third-order valence-corrected chi connectivity index (χ3v) is 4.04. The lowest BCUT2D eigenvalue weighted by molar-refractivity contribution is -0.140. The topological polar surface area (TPSA) is 83.6 Å². The number of carboxylic acids is 1. The molecular formula is C15H20N2O3. The molecular weight excluding hydrogens is 256 g/mol. The molecule has 1 aliphatic rings. The highest BCUT2D eigenvalue weighted by molar-refractivity contribution is 6.04. The molecule has 0 spiro atoms. The van der Waals surface area contributed by atoms with Crippen LogP contribution in [0.2, 0.25) is 0 Å². The van der Waals surface area contributed by atoms with Crippen molar-refractivity contribution >= 4 is 17.6 Å². The summed E-state index contributed by atoms with van der Waals surface area (Å²) in [7, 11) is 0. The second kappa shape index (κ2) is 5.63. The molecule has 3 atom stereocenters. The first-order valence-electron chi connectivity index (χ1n) is 6.86. The maximum atomic E-state index is 12.6. The normalized spacial score (nSPS) is 20.4. The van der Waals surface area contributed by atoms with Crippen molar-refractivity contribution in [2.45, 2.75) is 38.8 Å². The van der Waals surface area contributed by atoms with E-state index in [0.29, 0.717) is 12.1 Å². The Kier molecular flexibility index (Phi) is 4.09. The monoisotopic (exact) mass is 276 g/mol. The van der Waals surface area contributed by atoms with Gasteiger partial charge in [0.15, 0.2) is 0 Å². The Morgan fingerprint density at radius 1 is 1.45 bits per heavy atom. The number of carbonyl (C=O) groups excluding carboxylic acids is 1. The number of anilines is 1. The third-order valence-electron chi connectivity index (χ3n) is 4.04. The van der Waals surface area contributed by atoms with Gasteiger partial charge in [0.25, 0.3) is 0 Å². The Balaban J connectivity index is 2.36. The minimum absolute atomic E-state index is 0.0182. The molecule has 0 aliphatic carbocycles. The van der Waals surface area contributed by atoms with E-state index >= 15 is 0 Å². The van der Waals surface area contributed by atoms with Crippen molar-refractivity contribution in [2.24, 2.45) is 11.7 Å². The molecule has 1 heterocycles. The molecule has 0 fully saturated rings. The lowest BCUT2D eigenvalue weighted by Crippen LogP contribution is -2.52. The summed E-state index contributed by atoms with van der Waals surface area (Å²) in [6, 6.07) is 5.76. The van der Waals surface area contributed by atoms with E-state index in [1.807, 2.05) is 26.0 Å². The zero-order valence-electron chi connectivity index (χ0n) is 11.7. The number of aliphatic carboxylic acids is 1. The van der Waals surface area contributed by atoms with Gasteiger partial charge >= 0.3 is 5.97 Å². The van der Waals surface area contributed by atoms with Crippen molar-refractivity contribution < 1.29 is 14.7 Å². The molecule has 5 nitrogen and oxygen atoms in total. The standard InChI is InChI=1S/C15H20N2O3/c1-3-9(2)13(16)14(18)17-11-7-5-4-6-10(11)8-12(17)15(19)20/h4-7,9,12-13H,3,8,16H2,1-2H3,(H,19,20)/t9?,12-,13-/m0/s1. The number of rotatable bonds is 4. The van der Waals surface area contributed by atoms with Crippen LogP contribution in [-0.4, -0.2) is 29.1 Å². The summed E-state index contributed by atoms with van der Waals surface area (Å²) in [6.07, 6.45) is 1.12. The summed E-state index contributed by atoms with van der Waals surface area (Å²) >= 11 is 0. The van der Waals surface area contributed by atoms with Gasteiger partial charge in [0.1, 0.15) is 6.04 Å². The van der Waals surface area contributed by atoms with Crippen LogP contribution in [0.4, 0.5) is 5.69 Å². The van der Waals surface area contributed by atoms with Crippen molar-refractivity contribution in [1.29, 1.82) is 0 Å². The highest BCUT2D eigenvalue weighted by Crippen LogP contribution is 2.33. The van der Waals surface area contributed by atoms with Crippen molar-refractivity contribution in [3.63, 3.8) is 0 Å². The highest BCUT2D eigenvalue weighted by atomic mass is 16.4. The fraction of sp³-hybridized carbons (Fsp3) is 0.467. The van der Waals surface area contributed by atoms with Gasteiger partial charge in [-0.25, -0.2) is 4.79 Å². The largest absolute Gasteiger partial charge is 0.480 e. The van der Waals surface area contributed by atoms with Gasteiger partial charge in [-0.1, -0.05) is 38.5 Å². The second-order valence-corrected chi connectivity index (χ2v) is 5.31. The summed E-state index contributed by atoms with van der Waals surface area (Å²) in [5.74, 6) is -1.28. The summed E-state index contributed by atoms with van der Waals surface area (Å²) in [6.45, 7) is 3.87. The van der Waals surface area contributed by atoms with E-state index in [4.69, 9.17) is 5.73 Å². The van der Waals surface area contributed by atoms with Crippen LogP contribution in [0.5, 0.6) is 0 Å². The minimum atomic E-state index is -0.995. The van der Waals surface area contributed by atoms with E-state index < -0.39 is 18.1 Å². The molecule has 5 heteroatoms. The van der Waals surface area contributed by atoms with Gasteiger partial charge in [-0.3, -0.25) is 9.69 Å². The zero-order chi connectivity index (χ0) is 14.9. The first kappa shape index (κ1) is 14.5. The quantitative estimate of drug-likeness (QED) is 0.870. The number of carboxylic acid groups (broad SMARTS) is 1. The third kappa shape index (κ3) is 2.41. The number of hydrogen-bond donors (Lipinski definition) is 2. The van der Waals surface area contributed by atoms with Gasteiger partial charge in [-0.05, 0) is 17.5 Å². The lowest BCUT2D eigenvalue weighted by atomic mass is 9.98. The Morgan fingerprint density at radius 2 is 2.10 bits per heavy atom. The van der Waals surface area contributed by atoms with Crippen LogP contribution in [0.3, 0.4) is 0 Å². The molecule has 1 aromatic rings. The Bertz CT molecular complexity index is 530. The smallest absolute Gasteiger partial charge is 0.327 e. The van der Waals surface area contributed by atoms with Crippen LogP contribution in [-0.2, 0) is 16.0 Å². The molecule has 0 radical (unpaired) electrons. The molecule has 0 bridgehead atoms. The van der Waals surface area contributed by atoms with E-state index in [1.54, 1.807) is 12.1 Å². The summed E-state index contributed by atoms with van der Waals surface area (Å²) < 4.78 is 0. The molecule has 20 heavy (non-hydrogen) atoms. The van der Waals surface area contributed by atoms with Crippen molar-refractivity contribution in [1.82, 2.24) is 0 Å². The number of nitrogens with zero attached hydrogens (tertiary/aromatic N) is 1. The molecule has 0 saturated heterocycles. The zero-order valence-corrected chi connectivity index (χ0v) is 11.7. The van der Waals surface area contributed by atoms with Crippen LogP contribution in [0.15, 0.2) is 24.3 Å². The molecule has 1 amide bonds. The SMILES string of the molecule is CCC(C)[C@H](N)C(=O)N1c2ccccc2C[C@H]1C(=O)O.